The van der Waals surface area contributed by atoms with Crippen LogP contribution in [0.3, 0.4) is 0 Å². The van der Waals surface area contributed by atoms with Gasteiger partial charge in [-0.2, -0.15) is 11.8 Å². The van der Waals surface area contributed by atoms with Gasteiger partial charge >= 0.3 is 6.03 Å². The third-order valence-electron chi connectivity index (χ3n) is 2.39. The van der Waals surface area contributed by atoms with E-state index in [1.165, 1.54) is 17.9 Å². The molecule has 1 unspecified atom stereocenters. The summed E-state index contributed by atoms with van der Waals surface area (Å²) in [6.45, 7) is 3.59. The Morgan fingerprint density at radius 1 is 1.69 bits per heavy atom. The minimum Gasteiger partial charge on any atom is -0.338 e. The lowest BCUT2D eigenvalue weighted by atomic mass is 10.1. The summed E-state index contributed by atoms with van der Waals surface area (Å²) < 4.78 is 0. The van der Waals surface area contributed by atoms with E-state index in [0.29, 0.717) is 5.92 Å². The molecule has 1 saturated heterocycles. The van der Waals surface area contributed by atoms with Crippen molar-refractivity contribution in [1.29, 1.82) is 0 Å². The molecule has 0 aromatic rings. The van der Waals surface area contributed by atoms with E-state index in [2.05, 4.69) is 5.32 Å². The van der Waals surface area contributed by atoms with Crippen LogP contribution in [0.2, 0.25) is 0 Å². The number of nitrogens with one attached hydrogen (secondary N) is 1. The second-order valence-corrected chi connectivity index (χ2v) is 4.58. The van der Waals surface area contributed by atoms with E-state index >= 15 is 0 Å². The number of carbonyl (C=O) groups is 1. The minimum atomic E-state index is 0.0550. The zero-order valence-electron chi connectivity index (χ0n) is 8.38. The van der Waals surface area contributed by atoms with Gasteiger partial charge in [-0.3, -0.25) is 0 Å². The molecule has 1 aliphatic rings. The summed E-state index contributed by atoms with van der Waals surface area (Å²) in [6, 6.07) is 0.0550. The number of hydrogen-bond donors (Lipinski definition) is 1. The molecule has 0 saturated carbocycles. The quantitative estimate of drug-likeness (QED) is 0.750. The Bertz CT molecular complexity index is 169. The fourth-order valence-corrected chi connectivity index (χ4v) is 2.54. The monoisotopic (exact) mass is 202 g/mol. The molecule has 0 aliphatic carbocycles. The van der Waals surface area contributed by atoms with E-state index in [1.807, 2.05) is 25.7 Å². The van der Waals surface area contributed by atoms with Crippen LogP contribution in [0.15, 0.2) is 0 Å². The zero-order chi connectivity index (χ0) is 9.68. The first kappa shape index (κ1) is 10.7. The van der Waals surface area contributed by atoms with Gasteiger partial charge in [0.25, 0.3) is 0 Å². The molecule has 13 heavy (non-hydrogen) atoms. The lowest BCUT2D eigenvalue weighted by Crippen LogP contribution is -2.39. The first-order chi connectivity index (χ1) is 6.24. The highest BCUT2D eigenvalue weighted by Gasteiger charge is 2.16. The van der Waals surface area contributed by atoms with Crippen LogP contribution in [-0.4, -0.2) is 42.6 Å². The Hall–Kier alpha value is -0.380. The molecule has 4 heteroatoms. The molecular formula is C9H18N2OS. The highest BCUT2D eigenvalue weighted by molar-refractivity contribution is 7.99. The molecule has 1 N–H and O–H groups in total. The van der Waals surface area contributed by atoms with Gasteiger partial charge in [-0.15, -0.1) is 0 Å². The van der Waals surface area contributed by atoms with Gasteiger partial charge in [-0.25, -0.2) is 4.79 Å². The molecule has 1 aliphatic heterocycles. The van der Waals surface area contributed by atoms with Crippen LogP contribution < -0.4 is 5.32 Å². The van der Waals surface area contributed by atoms with Crippen LogP contribution in [0.5, 0.6) is 0 Å². The number of carbonyl (C=O) groups excluding carboxylic acids is 1. The summed E-state index contributed by atoms with van der Waals surface area (Å²) in [5.41, 5.74) is 0. The maximum atomic E-state index is 11.3. The lowest BCUT2D eigenvalue weighted by Gasteiger charge is -2.17. The predicted octanol–water partition coefficient (Wildman–Crippen LogP) is 1.40. The van der Waals surface area contributed by atoms with Crippen LogP contribution in [-0.2, 0) is 0 Å². The first-order valence-corrected chi connectivity index (χ1v) is 5.96. The second-order valence-electron chi connectivity index (χ2n) is 3.43. The molecule has 2 amide bonds. The van der Waals surface area contributed by atoms with E-state index in [1.54, 1.807) is 4.90 Å². The Labute approximate surface area is 84.2 Å². The standard InChI is InChI=1S/C9H18N2OS/c1-3-11(2)9(12)10-6-8-4-5-13-7-8/h8H,3-7H2,1-2H3,(H,10,12). The summed E-state index contributed by atoms with van der Waals surface area (Å²) in [4.78, 5) is 13.0. The van der Waals surface area contributed by atoms with Crippen LogP contribution >= 0.6 is 11.8 Å². The summed E-state index contributed by atoms with van der Waals surface area (Å²) in [6.07, 6.45) is 1.25. The molecule has 0 aromatic heterocycles. The highest BCUT2D eigenvalue weighted by atomic mass is 32.2. The van der Waals surface area contributed by atoms with Crippen LogP contribution in [0.1, 0.15) is 13.3 Å². The summed E-state index contributed by atoms with van der Waals surface area (Å²) in [5.74, 6) is 3.15. The molecule has 0 aromatic carbocycles. The number of hydrogen-bond acceptors (Lipinski definition) is 2. The fraction of sp³-hybridized carbons (Fsp3) is 0.889. The third-order valence-corrected chi connectivity index (χ3v) is 3.62. The van der Waals surface area contributed by atoms with Gasteiger partial charge in [0, 0.05) is 20.1 Å². The average Bonchev–Trinajstić information content (AvgIpc) is 2.65. The predicted molar refractivity (Wildman–Crippen MR) is 57.1 cm³/mol. The summed E-state index contributed by atoms with van der Waals surface area (Å²) in [5, 5.41) is 2.95. The van der Waals surface area contributed by atoms with E-state index in [4.69, 9.17) is 0 Å². The van der Waals surface area contributed by atoms with E-state index in [0.717, 1.165) is 13.1 Å². The van der Waals surface area contributed by atoms with Crippen molar-refractivity contribution in [1.82, 2.24) is 10.2 Å². The van der Waals surface area contributed by atoms with E-state index in [9.17, 15) is 4.79 Å². The molecule has 0 radical (unpaired) electrons. The normalized spacial score (nSPS) is 21.5. The third kappa shape index (κ3) is 3.46. The summed E-state index contributed by atoms with van der Waals surface area (Å²) >= 11 is 1.98. The van der Waals surface area contributed by atoms with Gasteiger partial charge in [0.05, 0.1) is 0 Å². The lowest BCUT2D eigenvalue weighted by molar-refractivity contribution is 0.209. The van der Waals surface area contributed by atoms with Crippen LogP contribution in [0, 0.1) is 5.92 Å². The number of thioether (sulfide) groups is 1. The molecular weight excluding hydrogens is 184 g/mol. The van der Waals surface area contributed by atoms with Crippen molar-refractivity contribution in [2.24, 2.45) is 5.92 Å². The van der Waals surface area contributed by atoms with E-state index in [-0.39, 0.29) is 6.03 Å². The number of urea groups is 1. The van der Waals surface area contributed by atoms with Crippen molar-refractivity contribution >= 4 is 17.8 Å². The SMILES string of the molecule is CCN(C)C(=O)NCC1CCSC1. The molecule has 1 heterocycles. The molecule has 3 nitrogen and oxygen atoms in total. The number of rotatable bonds is 3. The van der Waals surface area contributed by atoms with Crippen molar-refractivity contribution in [2.45, 2.75) is 13.3 Å². The minimum absolute atomic E-state index is 0.0550. The maximum Gasteiger partial charge on any atom is 0.317 e. The Balaban J connectivity index is 2.13. The van der Waals surface area contributed by atoms with Crippen LogP contribution in [0.25, 0.3) is 0 Å². The average molecular weight is 202 g/mol. The molecule has 76 valence electrons. The van der Waals surface area contributed by atoms with Gasteiger partial charge in [-0.1, -0.05) is 0 Å². The van der Waals surface area contributed by atoms with Gasteiger partial charge in [0.15, 0.2) is 0 Å². The van der Waals surface area contributed by atoms with Gasteiger partial charge in [-0.05, 0) is 30.8 Å². The summed E-state index contributed by atoms with van der Waals surface area (Å²) in [7, 11) is 1.82. The molecule has 1 fully saturated rings. The van der Waals surface area contributed by atoms with Crippen molar-refractivity contribution in [3.63, 3.8) is 0 Å². The van der Waals surface area contributed by atoms with Gasteiger partial charge in [0.1, 0.15) is 0 Å². The fourth-order valence-electron chi connectivity index (χ4n) is 1.25. The topological polar surface area (TPSA) is 32.3 Å². The van der Waals surface area contributed by atoms with Crippen molar-refractivity contribution in [3.05, 3.63) is 0 Å². The largest absolute Gasteiger partial charge is 0.338 e. The second kappa shape index (κ2) is 5.37. The smallest absolute Gasteiger partial charge is 0.317 e. The Morgan fingerprint density at radius 3 is 3.00 bits per heavy atom. The van der Waals surface area contributed by atoms with Crippen LogP contribution in [0.4, 0.5) is 4.79 Å². The molecule has 0 bridgehead atoms. The number of nitrogens with zero attached hydrogens (tertiary/aromatic N) is 1. The van der Waals surface area contributed by atoms with E-state index < -0.39 is 0 Å². The zero-order valence-corrected chi connectivity index (χ0v) is 9.19. The Kier molecular flexibility index (Phi) is 4.42. The highest BCUT2D eigenvalue weighted by Crippen LogP contribution is 2.22. The first-order valence-electron chi connectivity index (χ1n) is 4.80. The maximum absolute atomic E-state index is 11.3. The van der Waals surface area contributed by atoms with Crippen molar-refractivity contribution < 1.29 is 4.79 Å². The van der Waals surface area contributed by atoms with Gasteiger partial charge in [0.2, 0.25) is 0 Å². The van der Waals surface area contributed by atoms with Gasteiger partial charge < -0.3 is 10.2 Å². The van der Waals surface area contributed by atoms with Crippen molar-refractivity contribution in [2.75, 3.05) is 31.6 Å². The molecule has 1 rings (SSSR count). The molecule has 1 atom stereocenters. The molecule has 0 spiro atoms. The number of amides is 2. The Morgan fingerprint density at radius 2 is 2.46 bits per heavy atom. The van der Waals surface area contributed by atoms with Crippen molar-refractivity contribution in [3.8, 4) is 0 Å².